The molecule has 88 valence electrons. The van der Waals surface area contributed by atoms with E-state index in [0.717, 1.165) is 38.6 Å². The summed E-state index contributed by atoms with van der Waals surface area (Å²) in [6.07, 6.45) is 4.69. The molecule has 4 heteroatoms. The molecule has 0 aromatic carbocycles. The number of carbonyl (C=O) groups is 1. The van der Waals surface area contributed by atoms with Gasteiger partial charge in [0, 0.05) is 6.54 Å². The maximum atomic E-state index is 11.9. The highest BCUT2D eigenvalue weighted by Gasteiger charge is 2.30. The van der Waals surface area contributed by atoms with Crippen LogP contribution in [0, 0.1) is 0 Å². The number of hydrogen-bond acceptors (Lipinski definition) is 3. The second-order valence-electron chi connectivity index (χ2n) is 4.26. The maximum Gasteiger partial charge on any atom is 0.239 e. The Labute approximate surface area is 91.4 Å². The molecular formula is C11H22N2O2. The summed E-state index contributed by atoms with van der Waals surface area (Å²) in [5.74, 6) is 0.0139. The van der Waals surface area contributed by atoms with Gasteiger partial charge in [0.15, 0.2) is 0 Å². The molecule has 1 rings (SSSR count). The third kappa shape index (κ3) is 3.18. The molecule has 0 aromatic heterocycles. The normalized spacial score (nSPS) is 23.1. The summed E-state index contributed by atoms with van der Waals surface area (Å²) >= 11 is 0. The Morgan fingerprint density at radius 1 is 1.67 bits per heavy atom. The highest BCUT2D eigenvalue weighted by molar-refractivity contribution is 5.82. The molecule has 0 aliphatic carbocycles. The summed E-state index contributed by atoms with van der Waals surface area (Å²) < 4.78 is 0. The Morgan fingerprint density at radius 2 is 2.40 bits per heavy atom. The third-order valence-electron chi connectivity index (χ3n) is 3.06. The fourth-order valence-electron chi connectivity index (χ4n) is 2.08. The Morgan fingerprint density at radius 3 is 3.00 bits per heavy atom. The lowest BCUT2D eigenvalue weighted by atomic mass is 10.1. The second-order valence-corrected chi connectivity index (χ2v) is 4.26. The van der Waals surface area contributed by atoms with Crippen LogP contribution in [0.1, 0.15) is 39.0 Å². The van der Waals surface area contributed by atoms with Crippen molar-refractivity contribution in [2.24, 2.45) is 5.73 Å². The van der Waals surface area contributed by atoms with E-state index in [1.54, 1.807) is 4.90 Å². The summed E-state index contributed by atoms with van der Waals surface area (Å²) in [7, 11) is 0. The number of nitrogens with zero attached hydrogens (tertiary/aromatic N) is 1. The first kappa shape index (κ1) is 12.5. The van der Waals surface area contributed by atoms with Crippen molar-refractivity contribution in [3.8, 4) is 0 Å². The first-order valence-electron chi connectivity index (χ1n) is 5.87. The SMILES string of the molecule is CCCC[C@H](N)C(=O)N1CCC[C@H]1CO. The fourth-order valence-corrected chi connectivity index (χ4v) is 2.08. The van der Waals surface area contributed by atoms with Crippen molar-refractivity contribution in [3.05, 3.63) is 0 Å². The summed E-state index contributed by atoms with van der Waals surface area (Å²) in [6.45, 7) is 2.90. The highest BCUT2D eigenvalue weighted by Crippen LogP contribution is 2.18. The monoisotopic (exact) mass is 214 g/mol. The largest absolute Gasteiger partial charge is 0.394 e. The Bertz CT molecular complexity index is 209. The number of hydrogen-bond donors (Lipinski definition) is 2. The molecule has 0 spiro atoms. The molecule has 0 saturated carbocycles. The first-order chi connectivity index (χ1) is 7.20. The van der Waals surface area contributed by atoms with Crippen molar-refractivity contribution in [1.29, 1.82) is 0 Å². The molecule has 4 nitrogen and oxygen atoms in total. The molecule has 1 fully saturated rings. The third-order valence-corrected chi connectivity index (χ3v) is 3.06. The second kappa shape index (κ2) is 6.08. The lowest BCUT2D eigenvalue weighted by Crippen LogP contribution is -2.47. The van der Waals surface area contributed by atoms with Crippen LogP contribution in [0.2, 0.25) is 0 Å². The van der Waals surface area contributed by atoms with E-state index in [9.17, 15) is 4.79 Å². The minimum Gasteiger partial charge on any atom is -0.394 e. The summed E-state index contributed by atoms with van der Waals surface area (Å²) in [4.78, 5) is 13.7. The molecular weight excluding hydrogens is 192 g/mol. The zero-order chi connectivity index (χ0) is 11.3. The molecule has 0 aromatic rings. The number of aliphatic hydroxyl groups is 1. The van der Waals surface area contributed by atoms with Crippen molar-refractivity contribution < 1.29 is 9.90 Å². The van der Waals surface area contributed by atoms with Crippen LogP contribution >= 0.6 is 0 Å². The van der Waals surface area contributed by atoms with Gasteiger partial charge in [0.1, 0.15) is 0 Å². The van der Waals surface area contributed by atoms with Gasteiger partial charge in [-0.15, -0.1) is 0 Å². The zero-order valence-corrected chi connectivity index (χ0v) is 9.48. The van der Waals surface area contributed by atoms with Crippen molar-refractivity contribution in [2.75, 3.05) is 13.2 Å². The van der Waals surface area contributed by atoms with Gasteiger partial charge in [-0.05, 0) is 19.3 Å². The molecule has 0 bridgehead atoms. The van der Waals surface area contributed by atoms with Crippen LogP contribution in [0.4, 0.5) is 0 Å². The topological polar surface area (TPSA) is 66.6 Å². The van der Waals surface area contributed by atoms with Crippen molar-refractivity contribution in [1.82, 2.24) is 4.90 Å². The number of unbranched alkanes of at least 4 members (excludes halogenated alkanes) is 1. The Hall–Kier alpha value is -0.610. The Balaban J connectivity index is 2.44. The molecule has 1 heterocycles. The van der Waals surface area contributed by atoms with E-state index < -0.39 is 0 Å². The quantitative estimate of drug-likeness (QED) is 0.700. The number of nitrogens with two attached hydrogens (primary N) is 1. The van der Waals surface area contributed by atoms with Crippen molar-refractivity contribution in [2.45, 2.75) is 51.1 Å². The van der Waals surface area contributed by atoms with Gasteiger partial charge in [-0.1, -0.05) is 19.8 Å². The van der Waals surface area contributed by atoms with Gasteiger partial charge in [-0.2, -0.15) is 0 Å². The molecule has 15 heavy (non-hydrogen) atoms. The van der Waals surface area contributed by atoms with E-state index in [1.807, 2.05) is 0 Å². The summed E-state index contributed by atoms with van der Waals surface area (Å²) in [6, 6.07) is -0.373. The average molecular weight is 214 g/mol. The van der Waals surface area contributed by atoms with Crippen molar-refractivity contribution >= 4 is 5.91 Å². The van der Waals surface area contributed by atoms with Crippen molar-refractivity contribution in [3.63, 3.8) is 0 Å². The van der Waals surface area contributed by atoms with E-state index >= 15 is 0 Å². The lowest BCUT2D eigenvalue weighted by molar-refractivity contribution is -0.134. The van der Waals surface area contributed by atoms with Gasteiger partial charge < -0.3 is 15.7 Å². The van der Waals surface area contributed by atoms with E-state index in [2.05, 4.69) is 6.92 Å². The van der Waals surface area contributed by atoms with Crippen LogP contribution in [-0.4, -0.2) is 41.1 Å². The zero-order valence-electron chi connectivity index (χ0n) is 9.48. The van der Waals surface area contributed by atoms with Gasteiger partial charge in [0.05, 0.1) is 18.7 Å². The van der Waals surface area contributed by atoms with Crippen LogP contribution in [0.5, 0.6) is 0 Å². The number of rotatable bonds is 5. The molecule has 1 aliphatic heterocycles. The number of carbonyl (C=O) groups excluding carboxylic acids is 1. The molecule has 0 radical (unpaired) electrons. The van der Waals surface area contributed by atoms with E-state index in [1.165, 1.54) is 0 Å². The van der Waals surface area contributed by atoms with Crippen LogP contribution in [-0.2, 0) is 4.79 Å². The average Bonchev–Trinajstić information content (AvgIpc) is 2.72. The van der Waals surface area contributed by atoms with E-state index in [4.69, 9.17) is 10.8 Å². The standard InChI is InChI=1S/C11H22N2O2/c1-2-3-6-10(12)11(15)13-7-4-5-9(13)8-14/h9-10,14H,2-8,12H2,1H3/t9-,10-/m0/s1. The van der Waals surface area contributed by atoms with Gasteiger partial charge in [-0.3, -0.25) is 4.79 Å². The highest BCUT2D eigenvalue weighted by atomic mass is 16.3. The molecule has 1 aliphatic rings. The number of aliphatic hydroxyl groups excluding tert-OH is 1. The first-order valence-corrected chi connectivity index (χ1v) is 5.87. The summed E-state index contributed by atoms with van der Waals surface area (Å²) in [5, 5.41) is 9.11. The fraction of sp³-hybridized carbons (Fsp3) is 0.909. The molecule has 1 saturated heterocycles. The summed E-state index contributed by atoms with van der Waals surface area (Å²) in [5.41, 5.74) is 5.83. The predicted molar refractivity (Wildman–Crippen MR) is 59.3 cm³/mol. The molecule has 3 N–H and O–H groups in total. The molecule has 2 atom stereocenters. The predicted octanol–water partition coefficient (Wildman–Crippen LogP) is 0.487. The van der Waals surface area contributed by atoms with Gasteiger partial charge in [0.25, 0.3) is 0 Å². The van der Waals surface area contributed by atoms with E-state index in [0.29, 0.717) is 0 Å². The van der Waals surface area contributed by atoms with Crippen LogP contribution in [0.25, 0.3) is 0 Å². The maximum absolute atomic E-state index is 11.9. The number of amides is 1. The van der Waals surface area contributed by atoms with Gasteiger partial charge >= 0.3 is 0 Å². The van der Waals surface area contributed by atoms with Gasteiger partial charge in [-0.25, -0.2) is 0 Å². The van der Waals surface area contributed by atoms with Crippen LogP contribution in [0.3, 0.4) is 0 Å². The number of likely N-dealkylation sites (tertiary alicyclic amines) is 1. The van der Waals surface area contributed by atoms with Gasteiger partial charge in [0.2, 0.25) is 5.91 Å². The van der Waals surface area contributed by atoms with Crippen LogP contribution in [0.15, 0.2) is 0 Å². The molecule has 1 amide bonds. The Kier molecular flexibility index (Phi) is 5.05. The minimum absolute atomic E-state index is 0.00479. The minimum atomic E-state index is -0.378. The lowest BCUT2D eigenvalue weighted by Gasteiger charge is -2.26. The molecule has 0 unspecified atom stereocenters. The smallest absolute Gasteiger partial charge is 0.239 e. The van der Waals surface area contributed by atoms with E-state index in [-0.39, 0.29) is 24.6 Å². The van der Waals surface area contributed by atoms with Crippen LogP contribution < -0.4 is 5.73 Å².